The highest BCUT2D eigenvalue weighted by molar-refractivity contribution is 5.34. The second-order valence-corrected chi connectivity index (χ2v) is 4.27. The third-order valence-corrected chi connectivity index (χ3v) is 2.79. The summed E-state index contributed by atoms with van der Waals surface area (Å²) in [7, 11) is 1.68. The van der Waals surface area contributed by atoms with Gasteiger partial charge < -0.3 is 19.3 Å². The van der Waals surface area contributed by atoms with E-state index in [0.29, 0.717) is 32.8 Å². The number of aliphatic hydroxyl groups excluding tert-OH is 1. The van der Waals surface area contributed by atoms with Crippen LogP contribution in [0.2, 0.25) is 0 Å². The van der Waals surface area contributed by atoms with Crippen LogP contribution >= 0.6 is 0 Å². The second kappa shape index (κ2) is 9.78. The van der Waals surface area contributed by atoms with Gasteiger partial charge in [0, 0.05) is 25.9 Å². The van der Waals surface area contributed by atoms with Gasteiger partial charge in [-0.05, 0) is 18.9 Å². The lowest BCUT2D eigenvalue weighted by atomic mass is 10.1. The normalized spacial score (nSPS) is 12.4. The van der Waals surface area contributed by atoms with E-state index >= 15 is 0 Å². The van der Waals surface area contributed by atoms with E-state index in [-0.39, 0.29) is 0 Å². The van der Waals surface area contributed by atoms with E-state index in [1.807, 2.05) is 31.2 Å². The first kappa shape index (κ1) is 16.0. The standard InChI is InChI=1S/C15H24O4/c1-3-14(16)13-7-4-5-8-15(13)19-12-11-18-10-6-9-17-2/h4-5,7-8,14,16H,3,6,9-12H2,1-2H3/t14-/m1/s1. The lowest BCUT2D eigenvalue weighted by Gasteiger charge is -2.14. The summed E-state index contributed by atoms with van der Waals surface area (Å²) in [5, 5.41) is 9.88. The van der Waals surface area contributed by atoms with Gasteiger partial charge in [0.05, 0.1) is 12.7 Å². The molecule has 1 aromatic rings. The van der Waals surface area contributed by atoms with Gasteiger partial charge >= 0.3 is 0 Å². The maximum atomic E-state index is 9.88. The molecular formula is C15H24O4. The Kier molecular flexibility index (Phi) is 8.21. The van der Waals surface area contributed by atoms with Crippen molar-refractivity contribution in [3.8, 4) is 5.75 Å². The topological polar surface area (TPSA) is 47.9 Å². The summed E-state index contributed by atoms with van der Waals surface area (Å²) in [5.74, 6) is 0.734. The van der Waals surface area contributed by atoms with E-state index in [1.54, 1.807) is 7.11 Å². The monoisotopic (exact) mass is 268 g/mol. The highest BCUT2D eigenvalue weighted by Gasteiger charge is 2.10. The van der Waals surface area contributed by atoms with Crippen LogP contribution in [0.4, 0.5) is 0 Å². The average molecular weight is 268 g/mol. The Morgan fingerprint density at radius 1 is 1.11 bits per heavy atom. The first-order chi connectivity index (χ1) is 9.29. The number of hydrogen-bond donors (Lipinski definition) is 1. The van der Waals surface area contributed by atoms with Gasteiger partial charge in [0.15, 0.2) is 0 Å². The lowest BCUT2D eigenvalue weighted by molar-refractivity contribution is 0.0792. The van der Waals surface area contributed by atoms with Gasteiger partial charge in [0.2, 0.25) is 0 Å². The van der Waals surface area contributed by atoms with E-state index in [9.17, 15) is 5.11 Å². The molecule has 0 spiro atoms. The Labute approximate surface area is 115 Å². The highest BCUT2D eigenvalue weighted by atomic mass is 16.5. The molecule has 0 aliphatic rings. The molecule has 4 heteroatoms. The van der Waals surface area contributed by atoms with E-state index in [0.717, 1.165) is 17.7 Å². The van der Waals surface area contributed by atoms with Crippen molar-refractivity contribution in [3.63, 3.8) is 0 Å². The predicted octanol–water partition coefficient (Wildman–Crippen LogP) is 2.56. The molecule has 0 aliphatic heterocycles. The minimum Gasteiger partial charge on any atom is -0.491 e. The van der Waals surface area contributed by atoms with Gasteiger partial charge in [0.25, 0.3) is 0 Å². The number of methoxy groups -OCH3 is 1. The minimum atomic E-state index is -0.473. The molecule has 108 valence electrons. The maximum Gasteiger partial charge on any atom is 0.125 e. The van der Waals surface area contributed by atoms with Crippen LogP contribution in [0.15, 0.2) is 24.3 Å². The predicted molar refractivity (Wildman–Crippen MR) is 74.5 cm³/mol. The average Bonchev–Trinajstić information content (AvgIpc) is 2.46. The van der Waals surface area contributed by atoms with Gasteiger partial charge in [0.1, 0.15) is 12.4 Å². The molecule has 1 rings (SSSR count). The van der Waals surface area contributed by atoms with Crippen LogP contribution in [-0.2, 0) is 9.47 Å². The first-order valence-electron chi connectivity index (χ1n) is 6.76. The quantitative estimate of drug-likeness (QED) is 0.663. The second-order valence-electron chi connectivity index (χ2n) is 4.27. The summed E-state index contributed by atoms with van der Waals surface area (Å²) >= 11 is 0. The fourth-order valence-electron chi connectivity index (χ4n) is 1.73. The molecule has 0 saturated heterocycles. The number of hydrogen-bond acceptors (Lipinski definition) is 4. The number of para-hydroxylation sites is 1. The summed E-state index contributed by atoms with van der Waals surface area (Å²) in [6, 6.07) is 7.57. The molecule has 0 bridgehead atoms. The third-order valence-electron chi connectivity index (χ3n) is 2.79. The van der Waals surface area contributed by atoms with Gasteiger partial charge in [-0.3, -0.25) is 0 Å². The summed E-state index contributed by atoms with van der Waals surface area (Å²) in [6.07, 6.45) is 1.09. The maximum absolute atomic E-state index is 9.88. The summed E-state index contributed by atoms with van der Waals surface area (Å²) < 4.78 is 16.0. The molecule has 4 nitrogen and oxygen atoms in total. The van der Waals surface area contributed by atoms with Crippen molar-refractivity contribution in [2.75, 3.05) is 33.5 Å². The first-order valence-corrected chi connectivity index (χ1v) is 6.76. The summed E-state index contributed by atoms with van der Waals surface area (Å²) in [6.45, 7) is 4.36. The summed E-state index contributed by atoms with van der Waals surface area (Å²) in [4.78, 5) is 0. The van der Waals surface area contributed by atoms with Crippen LogP contribution in [0.25, 0.3) is 0 Å². The highest BCUT2D eigenvalue weighted by Crippen LogP contribution is 2.26. The summed E-state index contributed by atoms with van der Waals surface area (Å²) in [5.41, 5.74) is 0.837. The number of ether oxygens (including phenoxy) is 3. The van der Waals surface area contributed by atoms with Crippen LogP contribution in [0, 0.1) is 0 Å². The van der Waals surface area contributed by atoms with Crippen molar-refractivity contribution in [3.05, 3.63) is 29.8 Å². The van der Waals surface area contributed by atoms with Crippen molar-refractivity contribution in [1.82, 2.24) is 0 Å². The SMILES string of the molecule is CC[C@@H](O)c1ccccc1OCCOCCCOC. The van der Waals surface area contributed by atoms with E-state index in [4.69, 9.17) is 14.2 Å². The molecular weight excluding hydrogens is 244 g/mol. The fourth-order valence-corrected chi connectivity index (χ4v) is 1.73. The van der Waals surface area contributed by atoms with Crippen LogP contribution in [0.1, 0.15) is 31.4 Å². The van der Waals surface area contributed by atoms with Gasteiger partial charge in [-0.25, -0.2) is 0 Å². The zero-order valence-corrected chi connectivity index (χ0v) is 11.8. The third kappa shape index (κ3) is 6.05. The molecule has 19 heavy (non-hydrogen) atoms. The van der Waals surface area contributed by atoms with E-state index in [1.165, 1.54) is 0 Å². The van der Waals surface area contributed by atoms with E-state index in [2.05, 4.69) is 0 Å². The van der Waals surface area contributed by atoms with Crippen molar-refractivity contribution >= 4 is 0 Å². The Bertz CT molecular complexity index is 341. The van der Waals surface area contributed by atoms with Crippen molar-refractivity contribution in [2.45, 2.75) is 25.9 Å². The Hall–Kier alpha value is -1.10. The minimum absolute atomic E-state index is 0.473. The molecule has 1 N–H and O–H groups in total. The molecule has 1 aromatic carbocycles. The molecule has 0 saturated carbocycles. The lowest BCUT2D eigenvalue weighted by Crippen LogP contribution is -2.10. The number of rotatable bonds is 10. The molecule has 0 unspecified atom stereocenters. The zero-order valence-electron chi connectivity index (χ0n) is 11.8. The molecule has 0 aliphatic carbocycles. The van der Waals surface area contributed by atoms with Crippen LogP contribution in [0.5, 0.6) is 5.75 Å². The molecule has 0 fully saturated rings. The molecule has 0 amide bonds. The molecule has 1 atom stereocenters. The van der Waals surface area contributed by atoms with Gasteiger partial charge in [-0.1, -0.05) is 25.1 Å². The zero-order chi connectivity index (χ0) is 13.9. The number of aliphatic hydroxyl groups is 1. The van der Waals surface area contributed by atoms with Crippen LogP contribution in [0.3, 0.4) is 0 Å². The van der Waals surface area contributed by atoms with Crippen molar-refractivity contribution < 1.29 is 19.3 Å². The molecule has 0 aromatic heterocycles. The Morgan fingerprint density at radius 3 is 2.63 bits per heavy atom. The smallest absolute Gasteiger partial charge is 0.125 e. The molecule has 0 radical (unpaired) electrons. The fraction of sp³-hybridized carbons (Fsp3) is 0.600. The van der Waals surface area contributed by atoms with Gasteiger partial charge in [-0.15, -0.1) is 0 Å². The van der Waals surface area contributed by atoms with Crippen molar-refractivity contribution in [2.24, 2.45) is 0 Å². The van der Waals surface area contributed by atoms with Crippen molar-refractivity contribution in [1.29, 1.82) is 0 Å². The van der Waals surface area contributed by atoms with Crippen LogP contribution in [-0.4, -0.2) is 38.6 Å². The number of benzene rings is 1. The molecule has 0 heterocycles. The largest absolute Gasteiger partial charge is 0.491 e. The van der Waals surface area contributed by atoms with Crippen LogP contribution < -0.4 is 4.74 Å². The van der Waals surface area contributed by atoms with Gasteiger partial charge in [-0.2, -0.15) is 0 Å². The Morgan fingerprint density at radius 2 is 1.89 bits per heavy atom. The van der Waals surface area contributed by atoms with E-state index < -0.39 is 6.10 Å². The Balaban J connectivity index is 2.29.